The Balaban J connectivity index is 2.60. The van der Waals surface area contributed by atoms with E-state index in [0.29, 0.717) is 5.56 Å². The van der Waals surface area contributed by atoms with E-state index in [9.17, 15) is 4.79 Å². The summed E-state index contributed by atoms with van der Waals surface area (Å²) in [6, 6.07) is 14.9. The zero-order valence-corrected chi connectivity index (χ0v) is 10.3. The fraction of sp³-hybridized carbons (Fsp3) is 0.133. The smallest absolute Gasteiger partial charge is 0.338 e. The van der Waals surface area contributed by atoms with Crippen molar-refractivity contribution in [1.29, 1.82) is 0 Å². The van der Waals surface area contributed by atoms with Gasteiger partial charge in [-0.2, -0.15) is 0 Å². The molecule has 0 aromatic heterocycles. The van der Waals surface area contributed by atoms with Gasteiger partial charge in [-0.25, -0.2) is 4.79 Å². The lowest BCUT2D eigenvalue weighted by Gasteiger charge is -2.11. The molecule has 0 saturated carbocycles. The summed E-state index contributed by atoms with van der Waals surface area (Å²) in [6.45, 7) is 0. The van der Waals surface area contributed by atoms with Crippen LogP contribution in [-0.2, 0) is 4.74 Å². The predicted molar refractivity (Wildman–Crippen MR) is 69.8 cm³/mol. The van der Waals surface area contributed by atoms with Gasteiger partial charge in [0.1, 0.15) is 5.75 Å². The maximum absolute atomic E-state index is 11.7. The lowest BCUT2D eigenvalue weighted by Crippen LogP contribution is -2.03. The first-order chi connectivity index (χ1) is 8.77. The van der Waals surface area contributed by atoms with Crippen molar-refractivity contribution < 1.29 is 14.3 Å². The molecule has 0 aliphatic carbocycles. The van der Waals surface area contributed by atoms with Crippen LogP contribution in [0.3, 0.4) is 0 Å². The highest BCUT2D eigenvalue weighted by Crippen LogP contribution is 2.32. The molecule has 0 amide bonds. The van der Waals surface area contributed by atoms with Gasteiger partial charge in [0.25, 0.3) is 0 Å². The van der Waals surface area contributed by atoms with Crippen molar-refractivity contribution in [2.45, 2.75) is 0 Å². The zero-order valence-electron chi connectivity index (χ0n) is 10.3. The van der Waals surface area contributed by atoms with Crippen LogP contribution in [-0.4, -0.2) is 20.2 Å². The summed E-state index contributed by atoms with van der Waals surface area (Å²) in [5.41, 5.74) is 2.22. The van der Waals surface area contributed by atoms with E-state index in [0.717, 1.165) is 16.9 Å². The maximum Gasteiger partial charge on any atom is 0.338 e. The third kappa shape index (κ3) is 2.20. The molecule has 0 aliphatic rings. The Hall–Kier alpha value is -2.29. The minimum Gasteiger partial charge on any atom is -0.496 e. The van der Waals surface area contributed by atoms with Crippen LogP contribution in [0.4, 0.5) is 0 Å². The number of rotatable bonds is 3. The summed E-state index contributed by atoms with van der Waals surface area (Å²) in [4.78, 5) is 11.7. The van der Waals surface area contributed by atoms with Crippen molar-refractivity contribution >= 4 is 5.97 Å². The van der Waals surface area contributed by atoms with E-state index < -0.39 is 0 Å². The van der Waals surface area contributed by atoms with Crippen molar-refractivity contribution in [3.8, 4) is 16.9 Å². The van der Waals surface area contributed by atoms with Crippen molar-refractivity contribution in [2.24, 2.45) is 0 Å². The monoisotopic (exact) mass is 242 g/mol. The Labute approximate surface area is 106 Å². The molecule has 2 aromatic carbocycles. The molecule has 0 N–H and O–H groups in total. The second-order valence-corrected chi connectivity index (χ2v) is 3.74. The lowest BCUT2D eigenvalue weighted by atomic mass is 9.99. The summed E-state index contributed by atoms with van der Waals surface area (Å²) in [5.74, 6) is 0.380. The second kappa shape index (κ2) is 5.36. The third-order valence-electron chi connectivity index (χ3n) is 2.73. The summed E-state index contributed by atoms with van der Waals surface area (Å²) >= 11 is 0. The summed E-state index contributed by atoms with van der Waals surface area (Å²) in [6.07, 6.45) is 0. The van der Waals surface area contributed by atoms with Crippen LogP contribution < -0.4 is 4.74 Å². The highest BCUT2D eigenvalue weighted by molar-refractivity contribution is 5.98. The van der Waals surface area contributed by atoms with Crippen LogP contribution in [0.1, 0.15) is 10.4 Å². The summed E-state index contributed by atoms with van der Waals surface area (Å²) < 4.78 is 10.1. The number of ether oxygens (including phenoxy) is 2. The van der Waals surface area contributed by atoms with Crippen LogP contribution in [0.15, 0.2) is 48.5 Å². The van der Waals surface area contributed by atoms with Crippen LogP contribution in [0.25, 0.3) is 11.1 Å². The lowest BCUT2D eigenvalue weighted by molar-refractivity contribution is 0.0601. The number of hydrogen-bond acceptors (Lipinski definition) is 3. The molecule has 3 heteroatoms. The molecule has 0 spiro atoms. The third-order valence-corrected chi connectivity index (χ3v) is 2.73. The summed E-state index contributed by atoms with van der Waals surface area (Å²) in [7, 11) is 2.99. The predicted octanol–water partition coefficient (Wildman–Crippen LogP) is 3.15. The quantitative estimate of drug-likeness (QED) is 0.775. The van der Waals surface area contributed by atoms with Gasteiger partial charge in [0.2, 0.25) is 0 Å². The molecule has 0 saturated heterocycles. The average Bonchev–Trinajstić information content (AvgIpc) is 2.46. The molecule has 3 nitrogen and oxygen atoms in total. The molecule has 0 heterocycles. The first-order valence-corrected chi connectivity index (χ1v) is 5.58. The minimum absolute atomic E-state index is 0.350. The van der Waals surface area contributed by atoms with E-state index in [2.05, 4.69) is 0 Å². The highest BCUT2D eigenvalue weighted by atomic mass is 16.5. The fourth-order valence-electron chi connectivity index (χ4n) is 1.87. The first-order valence-electron chi connectivity index (χ1n) is 5.58. The molecule has 2 rings (SSSR count). The first kappa shape index (κ1) is 12.2. The molecule has 0 aliphatic heterocycles. The molecule has 0 atom stereocenters. The molecule has 2 aromatic rings. The topological polar surface area (TPSA) is 35.5 Å². The fourth-order valence-corrected chi connectivity index (χ4v) is 1.87. The Morgan fingerprint density at radius 3 is 2.17 bits per heavy atom. The highest BCUT2D eigenvalue weighted by Gasteiger charge is 2.14. The van der Waals surface area contributed by atoms with Crippen molar-refractivity contribution in [3.05, 3.63) is 54.1 Å². The normalized spacial score (nSPS) is 9.89. The number of para-hydroxylation sites is 1. The SMILES string of the molecule is COC(=O)c1ccccc1-c1ccccc1OC. The molecule has 0 unspecified atom stereocenters. The number of carbonyl (C=O) groups excluding carboxylic acids is 1. The number of esters is 1. The van der Waals surface area contributed by atoms with E-state index >= 15 is 0 Å². The Kier molecular flexibility index (Phi) is 3.63. The number of hydrogen-bond donors (Lipinski definition) is 0. The van der Waals surface area contributed by atoms with Gasteiger partial charge in [-0.3, -0.25) is 0 Å². The Morgan fingerprint density at radius 1 is 0.889 bits per heavy atom. The van der Waals surface area contributed by atoms with Gasteiger partial charge in [0.15, 0.2) is 0 Å². The largest absolute Gasteiger partial charge is 0.496 e. The van der Waals surface area contributed by atoms with Crippen molar-refractivity contribution in [2.75, 3.05) is 14.2 Å². The number of methoxy groups -OCH3 is 2. The molecular weight excluding hydrogens is 228 g/mol. The van der Waals surface area contributed by atoms with Crippen LogP contribution in [0, 0.1) is 0 Å². The van der Waals surface area contributed by atoms with E-state index in [1.54, 1.807) is 13.2 Å². The van der Waals surface area contributed by atoms with Gasteiger partial charge in [0, 0.05) is 5.56 Å². The summed E-state index contributed by atoms with van der Waals surface area (Å²) in [5, 5.41) is 0. The number of benzene rings is 2. The Morgan fingerprint density at radius 2 is 1.50 bits per heavy atom. The van der Waals surface area contributed by atoms with Gasteiger partial charge in [0.05, 0.1) is 19.8 Å². The molecule has 0 bridgehead atoms. The maximum atomic E-state index is 11.7. The van der Waals surface area contributed by atoms with Crippen molar-refractivity contribution in [1.82, 2.24) is 0 Å². The van der Waals surface area contributed by atoms with Gasteiger partial charge < -0.3 is 9.47 Å². The van der Waals surface area contributed by atoms with Gasteiger partial charge in [-0.05, 0) is 17.7 Å². The molecular formula is C15H14O3. The van der Waals surface area contributed by atoms with Gasteiger partial charge >= 0.3 is 5.97 Å². The molecule has 18 heavy (non-hydrogen) atoms. The molecule has 0 fully saturated rings. The zero-order chi connectivity index (χ0) is 13.0. The second-order valence-electron chi connectivity index (χ2n) is 3.74. The van der Waals surface area contributed by atoms with E-state index in [1.165, 1.54) is 7.11 Å². The van der Waals surface area contributed by atoms with E-state index in [4.69, 9.17) is 9.47 Å². The van der Waals surface area contributed by atoms with Crippen LogP contribution in [0.5, 0.6) is 5.75 Å². The van der Waals surface area contributed by atoms with E-state index in [-0.39, 0.29) is 5.97 Å². The molecule has 0 radical (unpaired) electrons. The standard InChI is InChI=1S/C15H14O3/c1-17-14-10-6-5-8-12(14)11-7-3-4-9-13(11)15(16)18-2/h3-10H,1-2H3. The number of carbonyl (C=O) groups is 1. The van der Waals surface area contributed by atoms with Gasteiger partial charge in [-0.15, -0.1) is 0 Å². The van der Waals surface area contributed by atoms with Crippen LogP contribution >= 0.6 is 0 Å². The average molecular weight is 242 g/mol. The van der Waals surface area contributed by atoms with Crippen molar-refractivity contribution in [3.63, 3.8) is 0 Å². The van der Waals surface area contributed by atoms with E-state index in [1.807, 2.05) is 42.5 Å². The Bertz CT molecular complexity index is 561. The van der Waals surface area contributed by atoms with Gasteiger partial charge in [-0.1, -0.05) is 36.4 Å². The van der Waals surface area contributed by atoms with Crippen LogP contribution in [0.2, 0.25) is 0 Å². The molecule has 92 valence electrons. The minimum atomic E-state index is -0.350.